The average molecular weight is 452 g/mol. The minimum absolute atomic E-state index is 0.202. The minimum Gasteiger partial charge on any atom is -0.379 e. The number of aryl methyl sites for hydroxylation is 1. The first-order chi connectivity index (χ1) is 8.97. The molecule has 5 heteroatoms. The Morgan fingerprint density at radius 1 is 1.05 bits per heavy atom. The number of hydrogen-bond donors (Lipinski definition) is 1. The SMILES string of the molecule is Cc1cc(F)ccc1CNc1c(Br)cc(Br)cc1Br. The third-order valence-electron chi connectivity index (χ3n) is 2.77. The third kappa shape index (κ3) is 3.80. The second kappa shape index (κ2) is 6.37. The Kier molecular flexibility index (Phi) is 5.03. The van der Waals surface area contributed by atoms with Crippen molar-refractivity contribution in [2.24, 2.45) is 0 Å². The van der Waals surface area contributed by atoms with Crippen LogP contribution in [0.1, 0.15) is 11.1 Å². The molecule has 1 N–H and O–H groups in total. The van der Waals surface area contributed by atoms with Crippen molar-refractivity contribution < 1.29 is 4.39 Å². The maximum atomic E-state index is 13.0. The molecular weight excluding hydrogens is 441 g/mol. The lowest BCUT2D eigenvalue weighted by Gasteiger charge is -2.13. The summed E-state index contributed by atoms with van der Waals surface area (Å²) in [7, 11) is 0. The maximum Gasteiger partial charge on any atom is 0.123 e. The molecule has 0 aliphatic carbocycles. The summed E-state index contributed by atoms with van der Waals surface area (Å²) in [4.78, 5) is 0. The summed E-state index contributed by atoms with van der Waals surface area (Å²) < 4.78 is 16.0. The van der Waals surface area contributed by atoms with Crippen molar-refractivity contribution in [3.8, 4) is 0 Å². The Morgan fingerprint density at radius 2 is 1.68 bits per heavy atom. The van der Waals surface area contributed by atoms with E-state index in [0.29, 0.717) is 6.54 Å². The Morgan fingerprint density at radius 3 is 2.26 bits per heavy atom. The summed E-state index contributed by atoms with van der Waals surface area (Å²) in [6.45, 7) is 2.55. The lowest BCUT2D eigenvalue weighted by atomic mass is 10.1. The Bertz CT molecular complexity index is 591. The van der Waals surface area contributed by atoms with Crippen LogP contribution in [0.25, 0.3) is 0 Å². The van der Waals surface area contributed by atoms with Crippen LogP contribution in [0.2, 0.25) is 0 Å². The van der Waals surface area contributed by atoms with E-state index in [1.54, 1.807) is 12.1 Å². The largest absolute Gasteiger partial charge is 0.379 e. The van der Waals surface area contributed by atoms with E-state index in [2.05, 4.69) is 53.1 Å². The fourth-order valence-corrected chi connectivity index (χ4v) is 4.29. The molecule has 0 atom stereocenters. The van der Waals surface area contributed by atoms with Gasteiger partial charge in [-0.15, -0.1) is 0 Å². The maximum absolute atomic E-state index is 13.0. The van der Waals surface area contributed by atoms with E-state index in [0.717, 1.165) is 30.2 Å². The molecule has 0 amide bonds. The molecule has 0 heterocycles. The monoisotopic (exact) mass is 449 g/mol. The van der Waals surface area contributed by atoms with Gasteiger partial charge in [0.25, 0.3) is 0 Å². The van der Waals surface area contributed by atoms with E-state index in [4.69, 9.17) is 0 Å². The van der Waals surface area contributed by atoms with Crippen molar-refractivity contribution >= 4 is 53.5 Å². The minimum atomic E-state index is -0.202. The van der Waals surface area contributed by atoms with Gasteiger partial charge in [0.05, 0.1) is 5.69 Å². The lowest BCUT2D eigenvalue weighted by Crippen LogP contribution is -2.03. The zero-order chi connectivity index (χ0) is 14.0. The van der Waals surface area contributed by atoms with Gasteiger partial charge in [-0.3, -0.25) is 0 Å². The number of hydrogen-bond acceptors (Lipinski definition) is 1. The molecule has 2 aromatic rings. The fourth-order valence-electron chi connectivity index (χ4n) is 1.75. The van der Waals surface area contributed by atoms with Crippen molar-refractivity contribution in [2.45, 2.75) is 13.5 Å². The molecule has 0 aromatic heterocycles. The molecule has 0 spiro atoms. The second-order valence-corrected chi connectivity index (χ2v) is 6.79. The molecule has 0 aliphatic rings. The van der Waals surface area contributed by atoms with Gasteiger partial charge in [0.1, 0.15) is 5.82 Å². The van der Waals surface area contributed by atoms with E-state index in [-0.39, 0.29) is 5.82 Å². The smallest absolute Gasteiger partial charge is 0.123 e. The van der Waals surface area contributed by atoms with Crippen LogP contribution in [0, 0.1) is 12.7 Å². The van der Waals surface area contributed by atoms with E-state index >= 15 is 0 Å². The van der Waals surface area contributed by atoms with E-state index in [9.17, 15) is 4.39 Å². The standard InChI is InChI=1S/C14H11Br3FN/c1-8-4-11(18)3-2-9(8)7-19-14-12(16)5-10(15)6-13(14)17/h2-6,19H,7H2,1H3. The highest BCUT2D eigenvalue weighted by atomic mass is 79.9. The Labute approximate surface area is 137 Å². The molecule has 2 aromatic carbocycles. The van der Waals surface area contributed by atoms with Crippen molar-refractivity contribution in [1.29, 1.82) is 0 Å². The number of nitrogens with one attached hydrogen (secondary N) is 1. The van der Waals surface area contributed by atoms with Gasteiger partial charge in [0.2, 0.25) is 0 Å². The fraction of sp³-hybridized carbons (Fsp3) is 0.143. The molecule has 0 bridgehead atoms. The second-order valence-electron chi connectivity index (χ2n) is 4.17. The van der Waals surface area contributed by atoms with Crippen molar-refractivity contribution in [2.75, 3.05) is 5.32 Å². The predicted octanol–water partition coefficient (Wildman–Crippen LogP) is 6.03. The van der Waals surface area contributed by atoms with E-state index in [1.807, 2.05) is 19.1 Å². The number of halogens is 4. The first-order valence-corrected chi connectivity index (χ1v) is 7.98. The van der Waals surface area contributed by atoms with Crippen molar-refractivity contribution in [3.05, 3.63) is 60.7 Å². The molecule has 1 nitrogen and oxygen atoms in total. The van der Waals surface area contributed by atoms with Gasteiger partial charge in [-0.25, -0.2) is 4.39 Å². The first kappa shape index (κ1) is 15.0. The zero-order valence-electron chi connectivity index (χ0n) is 10.1. The topological polar surface area (TPSA) is 12.0 Å². The van der Waals surface area contributed by atoms with Crippen LogP contribution in [0.3, 0.4) is 0 Å². The van der Waals surface area contributed by atoms with Crippen LogP contribution in [0.4, 0.5) is 10.1 Å². The van der Waals surface area contributed by atoms with Gasteiger partial charge in [0, 0.05) is 20.0 Å². The van der Waals surface area contributed by atoms with Crippen LogP contribution in [0.5, 0.6) is 0 Å². The van der Waals surface area contributed by atoms with Gasteiger partial charge in [-0.1, -0.05) is 22.0 Å². The highest BCUT2D eigenvalue weighted by Gasteiger charge is 2.07. The molecule has 0 unspecified atom stereocenters. The first-order valence-electron chi connectivity index (χ1n) is 5.61. The number of rotatable bonds is 3. The van der Waals surface area contributed by atoms with Gasteiger partial charge < -0.3 is 5.32 Å². The third-order valence-corrected chi connectivity index (χ3v) is 4.48. The summed E-state index contributed by atoms with van der Waals surface area (Å²) in [5, 5.41) is 3.35. The highest BCUT2D eigenvalue weighted by Crippen LogP contribution is 2.34. The number of benzene rings is 2. The van der Waals surface area contributed by atoms with Gasteiger partial charge in [-0.05, 0) is 74.2 Å². The molecule has 0 fully saturated rings. The molecular formula is C14H11Br3FN. The van der Waals surface area contributed by atoms with Gasteiger partial charge in [0.15, 0.2) is 0 Å². The molecule has 2 rings (SSSR count). The molecule has 0 aliphatic heterocycles. The average Bonchev–Trinajstić information content (AvgIpc) is 2.30. The summed E-state index contributed by atoms with van der Waals surface area (Å²) in [5.41, 5.74) is 2.99. The Hall–Kier alpha value is -0.390. The molecule has 0 saturated carbocycles. The van der Waals surface area contributed by atoms with Crippen LogP contribution >= 0.6 is 47.8 Å². The van der Waals surface area contributed by atoms with Crippen LogP contribution < -0.4 is 5.32 Å². The van der Waals surface area contributed by atoms with E-state index < -0.39 is 0 Å². The lowest BCUT2D eigenvalue weighted by molar-refractivity contribution is 0.625. The van der Waals surface area contributed by atoms with Crippen LogP contribution in [0.15, 0.2) is 43.7 Å². The van der Waals surface area contributed by atoms with Crippen LogP contribution in [-0.4, -0.2) is 0 Å². The summed E-state index contributed by atoms with van der Waals surface area (Å²) in [6, 6.07) is 8.78. The highest BCUT2D eigenvalue weighted by molar-refractivity contribution is 9.11. The predicted molar refractivity (Wildman–Crippen MR) is 88.0 cm³/mol. The molecule has 100 valence electrons. The molecule has 0 radical (unpaired) electrons. The summed E-state index contributed by atoms with van der Waals surface area (Å²) in [6.07, 6.45) is 0. The number of anilines is 1. The van der Waals surface area contributed by atoms with Crippen molar-refractivity contribution in [3.63, 3.8) is 0 Å². The molecule has 19 heavy (non-hydrogen) atoms. The quantitative estimate of drug-likeness (QED) is 0.600. The molecule has 0 saturated heterocycles. The van der Waals surface area contributed by atoms with Gasteiger partial charge in [-0.2, -0.15) is 0 Å². The van der Waals surface area contributed by atoms with E-state index in [1.165, 1.54) is 6.07 Å². The normalized spacial score (nSPS) is 10.6. The van der Waals surface area contributed by atoms with Crippen molar-refractivity contribution in [1.82, 2.24) is 0 Å². The zero-order valence-corrected chi connectivity index (χ0v) is 14.9. The summed E-state index contributed by atoms with van der Waals surface area (Å²) >= 11 is 10.5. The Balaban J connectivity index is 2.19. The summed E-state index contributed by atoms with van der Waals surface area (Å²) in [5.74, 6) is -0.202. The van der Waals surface area contributed by atoms with Crippen LogP contribution in [-0.2, 0) is 6.54 Å². The van der Waals surface area contributed by atoms with Gasteiger partial charge >= 0.3 is 0 Å².